The smallest absolute Gasteiger partial charge is 0.237 e. The number of aryl methyl sites for hydroxylation is 2. The van der Waals surface area contributed by atoms with Crippen molar-refractivity contribution in [2.24, 2.45) is 5.73 Å². The van der Waals surface area contributed by atoms with Crippen molar-refractivity contribution in [2.45, 2.75) is 63.6 Å². The molecule has 5 nitrogen and oxygen atoms in total. The lowest BCUT2D eigenvalue weighted by Gasteiger charge is -2.30. The van der Waals surface area contributed by atoms with Crippen molar-refractivity contribution in [1.82, 2.24) is 10.3 Å². The van der Waals surface area contributed by atoms with Crippen molar-refractivity contribution in [2.75, 3.05) is 0 Å². The summed E-state index contributed by atoms with van der Waals surface area (Å²) in [5, 5.41) is 3.12. The van der Waals surface area contributed by atoms with E-state index in [2.05, 4.69) is 22.4 Å². The van der Waals surface area contributed by atoms with Crippen LogP contribution in [0, 0.1) is 6.92 Å². The highest BCUT2D eigenvalue weighted by atomic mass is 16.5. The van der Waals surface area contributed by atoms with Crippen LogP contribution in [0.25, 0.3) is 0 Å². The molecule has 1 aromatic heterocycles. The van der Waals surface area contributed by atoms with Gasteiger partial charge in [-0.2, -0.15) is 0 Å². The lowest BCUT2D eigenvalue weighted by molar-refractivity contribution is -0.123. The molecule has 1 saturated carbocycles. The van der Waals surface area contributed by atoms with Crippen molar-refractivity contribution >= 4 is 5.91 Å². The van der Waals surface area contributed by atoms with Gasteiger partial charge in [0.05, 0.1) is 17.8 Å². The summed E-state index contributed by atoms with van der Waals surface area (Å²) in [5.74, 6) is 0.811. The molecular weight excluding hydrogens is 338 g/mol. The van der Waals surface area contributed by atoms with Gasteiger partial charge in [0.15, 0.2) is 0 Å². The van der Waals surface area contributed by atoms with Crippen LogP contribution in [-0.4, -0.2) is 29.1 Å². The van der Waals surface area contributed by atoms with Gasteiger partial charge in [-0.05, 0) is 63.1 Å². The second-order valence-corrected chi connectivity index (χ2v) is 7.32. The molecule has 0 radical (unpaired) electrons. The van der Waals surface area contributed by atoms with E-state index in [1.807, 2.05) is 37.3 Å². The monoisotopic (exact) mass is 367 g/mol. The van der Waals surface area contributed by atoms with Crippen LogP contribution >= 0.6 is 0 Å². The van der Waals surface area contributed by atoms with E-state index in [9.17, 15) is 4.79 Å². The van der Waals surface area contributed by atoms with E-state index in [1.54, 1.807) is 6.20 Å². The molecule has 1 amide bonds. The third-order valence-electron chi connectivity index (χ3n) is 5.20. The number of ether oxygens (including phenoxy) is 1. The average Bonchev–Trinajstić information content (AvgIpc) is 2.70. The van der Waals surface area contributed by atoms with E-state index in [0.29, 0.717) is 6.42 Å². The molecule has 0 aliphatic heterocycles. The summed E-state index contributed by atoms with van der Waals surface area (Å²) in [7, 11) is 0. The number of nitrogens with one attached hydrogen (secondary N) is 1. The number of carbonyl (C=O) groups is 1. The number of pyridine rings is 1. The van der Waals surface area contributed by atoms with Gasteiger partial charge in [-0.25, -0.2) is 0 Å². The molecule has 1 heterocycles. The van der Waals surface area contributed by atoms with Crippen LogP contribution in [0.1, 0.15) is 43.4 Å². The molecule has 0 saturated heterocycles. The zero-order valence-corrected chi connectivity index (χ0v) is 15.9. The fourth-order valence-corrected chi connectivity index (χ4v) is 3.50. The lowest BCUT2D eigenvalue weighted by atomic mass is 9.92. The zero-order chi connectivity index (χ0) is 19.1. The SMILES string of the molecule is Cc1ncccc1OC1CCC(NC(=O)[C@@H](N)CCc2ccccc2)CC1. The first-order valence-corrected chi connectivity index (χ1v) is 9.80. The summed E-state index contributed by atoms with van der Waals surface area (Å²) in [4.78, 5) is 16.6. The van der Waals surface area contributed by atoms with Crippen LogP contribution in [-0.2, 0) is 11.2 Å². The Labute approximate surface area is 161 Å². The van der Waals surface area contributed by atoms with Gasteiger partial charge in [-0.3, -0.25) is 9.78 Å². The molecule has 0 unspecified atom stereocenters. The molecule has 0 spiro atoms. The third-order valence-corrected chi connectivity index (χ3v) is 5.20. The molecule has 1 aromatic carbocycles. The van der Waals surface area contributed by atoms with Crippen molar-refractivity contribution < 1.29 is 9.53 Å². The summed E-state index contributed by atoms with van der Waals surface area (Å²) < 4.78 is 6.07. The second kappa shape index (κ2) is 9.51. The molecule has 144 valence electrons. The number of benzene rings is 1. The average molecular weight is 367 g/mol. The maximum Gasteiger partial charge on any atom is 0.237 e. The molecule has 1 fully saturated rings. The highest BCUT2D eigenvalue weighted by Crippen LogP contribution is 2.25. The molecule has 2 aromatic rings. The summed E-state index contributed by atoms with van der Waals surface area (Å²) in [6, 6.07) is 13.7. The molecule has 0 bridgehead atoms. The maximum atomic E-state index is 12.4. The highest BCUT2D eigenvalue weighted by molar-refractivity contribution is 5.81. The van der Waals surface area contributed by atoms with Crippen molar-refractivity contribution in [1.29, 1.82) is 0 Å². The number of nitrogens with two attached hydrogens (primary N) is 1. The summed E-state index contributed by atoms with van der Waals surface area (Å²) in [6.45, 7) is 1.96. The van der Waals surface area contributed by atoms with E-state index in [1.165, 1.54) is 5.56 Å². The van der Waals surface area contributed by atoms with E-state index >= 15 is 0 Å². The van der Waals surface area contributed by atoms with Crippen molar-refractivity contribution in [3.63, 3.8) is 0 Å². The summed E-state index contributed by atoms with van der Waals surface area (Å²) >= 11 is 0. The van der Waals surface area contributed by atoms with Crippen LogP contribution in [0.15, 0.2) is 48.7 Å². The number of rotatable bonds is 7. The van der Waals surface area contributed by atoms with Crippen LogP contribution < -0.4 is 15.8 Å². The van der Waals surface area contributed by atoms with Crippen LogP contribution in [0.5, 0.6) is 5.75 Å². The number of nitrogens with zero attached hydrogens (tertiary/aromatic N) is 1. The largest absolute Gasteiger partial charge is 0.489 e. The van der Waals surface area contributed by atoms with Crippen molar-refractivity contribution in [3.8, 4) is 5.75 Å². The van der Waals surface area contributed by atoms with Gasteiger partial charge < -0.3 is 15.8 Å². The topological polar surface area (TPSA) is 77.2 Å². The third kappa shape index (κ3) is 5.79. The van der Waals surface area contributed by atoms with E-state index in [-0.39, 0.29) is 18.1 Å². The van der Waals surface area contributed by atoms with Crippen molar-refractivity contribution in [3.05, 3.63) is 59.9 Å². The van der Waals surface area contributed by atoms with E-state index in [4.69, 9.17) is 10.5 Å². The molecular formula is C22H29N3O2. The Kier molecular flexibility index (Phi) is 6.82. The lowest BCUT2D eigenvalue weighted by Crippen LogP contribution is -2.47. The van der Waals surface area contributed by atoms with Gasteiger partial charge in [-0.1, -0.05) is 30.3 Å². The molecule has 3 rings (SSSR count). The zero-order valence-electron chi connectivity index (χ0n) is 15.9. The fraction of sp³-hybridized carbons (Fsp3) is 0.455. The Hall–Kier alpha value is -2.40. The Bertz CT molecular complexity index is 727. The van der Waals surface area contributed by atoms with Crippen LogP contribution in [0.2, 0.25) is 0 Å². The first-order chi connectivity index (χ1) is 13.1. The standard InChI is InChI=1S/C22H29N3O2/c1-16-21(8-5-15-24-16)27-19-12-10-18(11-13-19)25-22(26)20(23)14-9-17-6-3-2-4-7-17/h2-8,15,18-20H,9-14,23H2,1H3,(H,25,26)/t18?,19?,20-/m0/s1. The van der Waals surface area contributed by atoms with Gasteiger partial charge in [-0.15, -0.1) is 0 Å². The normalized spacial score (nSPS) is 20.7. The molecule has 3 N–H and O–H groups in total. The van der Waals surface area contributed by atoms with Crippen LogP contribution in [0.4, 0.5) is 0 Å². The maximum absolute atomic E-state index is 12.4. The Balaban J connectivity index is 1.39. The molecule has 1 aliphatic carbocycles. The van der Waals surface area contributed by atoms with Gasteiger partial charge in [0.1, 0.15) is 5.75 Å². The minimum absolute atomic E-state index is 0.0431. The Morgan fingerprint density at radius 1 is 1.19 bits per heavy atom. The van der Waals surface area contributed by atoms with Gasteiger partial charge in [0.25, 0.3) is 0 Å². The first-order valence-electron chi connectivity index (χ1n) is 9.80. The minimum Gasteiger partial charge on any atom is -0.489 e. The van der Waals surface area contributed by atoms with Gasteiger partial charge >= 0.3 is 0 Å². The Morgan fingerprint density at radius 3 is 2.63 bits per heavy atom. The molecule has 27 heavy (non-hydrogen) atoms. The quantitative estimate of drug-likeness (QED) is 0.788. The van der Waals surface area contributed by atoms with Gasteiger partial charge in [0.2, 0.25) is 5.91 Å². The number of amides is 1. The molecule has 1 aliphatic rings. The predicted octanol–water partition coefficient (Wildman–Crippen LogP) is 3.16. The minimum atomic E-state index is -0.461. The summed E-state index contributed by atoms with van der Waals surface area (Å²) in [6.07, 6.45) is 7.14. The Morgan fingerprint density at radius 2 is 1.93 bits per heavy atom. The van der Waals surface area contributed by atoms with Crippen LogP contribution in [0.3, 0.4) is 0 Å². The van der Waals surface area contributed by atoms with Gasteiger partial charge in [0, 0.05) is 12.2 Å². The molecule has 5 heteroatoms. The number of aromatic nitrogens is 1. The highest BCUT2D eigenvalue weighted by Gasteiger charge is 2.25. The summed E-state index contributed by atoms with van der Waals surface area (Å²) in [5.41, 5.74) is 8.21. The second-order valence-electron chi connectivity index (χ2n) is 7.32. The molecule has 1 atom stereocenters. The number of carbonyl (C=O) groups excluding carboxylic acids is 1. The van der Waals surface area contributed by atoms with E-state index < -0.39 is 6.04 Å². The number of hydrogen-bond donors (Lipinski definition) is 2. The number of hydrogen-bond acceptors (Lipinski definition) is 4. The fourth-order valence-electron chi connectivity index (χ4n) is 3.50. The predicted molar refractivity (Wildman–Crippen MR) is 107 cm³/mol. The first kappa shape index (κ1) is 19.4. The van der Waals surface area contributed by atoms with E-state index in [0.717, 1.165) is 43.5 Å².